The molecule has 1 aliphatic carbocycles. The summed E-state index contributed by atoms with van der Waals surface area (Å²) in [6, 6.07) is 9.10. The van der Waals surface area contributed by atoms with Gasteiger partial charge in [0.05, 0.1) is 6.33 Å². The van der Waals surface area contributed by atoms with E-state index >= 15 is 0 Å². The van der Waals surface area contributed by atoms with Gasteiger partial charge < -0.3 is 9.13 Å². The molecule has 0 bridgehead atoms. The number of nitrogens with zero attached hydrogens (tertiary/aromatic N) is 4. The highest BCUT2D eigenvalue weighted by Gasteiger charge is 2.25. The van der Waals surface area contributed by atoms with E-state index in [1.807, 2.05) is 17.0 Å². The smallest absolute Gasteiger partial charge is 0.140 e. The fraction of sp³-hybridized carbons (Fsp3) is 0.200. The molecule has 0 unspecified atom stereocenters. The summed E-state index contributed by atoms with van der Waals surface area (Å²) in [5, 5.41) is 0. The minimum absolute atomic E-state index is 0.658. The molecule has 4 rings (SSSR count). The van der Waals surface area contributed by atoms with Gasteiger partial charge in [-0.25, -0.2) is 9.97 Å². The highest BCUT2D eigenvalue weighted by atomic mass is 15.1. The molecule has 1 saturated carbocycles. The number of hydrogen-bond acceptors (Lipinski definition) is 2. The van der Waals surface area contributed by atoms with Crippen molar-refractivity contribution in [1.29, 1.82) is 0 Å². The molecule has 0 aliphatic heterocycles. The highest BCUT2D eigenvalue weighted by molar-refractivity contribution is 5.58. The normalized spacial score (nSPS) is 14.7. The largest absolute Gasteiger partial charge is 0.328 e. The summed E-state index contributed by atoms with van der Waals surface area (Å²) in [5.41, 5.74) is 2.28. The molecule has 0 amide bonds. The number of rotatable bonds is 3. The van der Waals surface area contributed by atoms with Gasteiger partial charge in [0.25, 0.3) is 0 Å². The lowest BCUT2D eigenvalue weighted by molar-refractivity contribution is 0.750. The molecule has 19 heavy (non-hydrogen) atoms. The summed E-state index contributed by atoms with van der Waals surface area (Å²) in [6.45, 7) is 0. The first kappa shape index (κ1) is 10.6. The minimum Gasteiger partial charge on any atom is -0.328 e. The lowest BCUT2D eigenvalue weighted by atomic mass is 10.2. The van der Waals surface area contributed by atoms with Crippen LogP contribution in [0.5, 0.6) is 0 Å². The Morgan fingerprint density at radius 1 is 1.00 bits per heavy atom. The van der Waals surface area contributed by atoms with E-state index in [-0.39, 0.29) is 0 Å². The van der Waals surface area contributed by atoms with Gasteiger partial charge in [-0.15, -0.1) is 0 Å². The van der Waals surface area contributed by atoms with Gasteiger partial charge >= 0.3 is 0 Å². The Balaban J connectivity index is 1.70. The average molecular weight is 250 g/mol. The zero-order valence-electron chi connectivity index (χ0n) is 10.5. The van der Waals surface area contributed by atoms with Crippen molar-refractivity contribution >= 4 is 0 Å². The van der Waals surface area contributed by atoms with E-state index in [9.17, 15) is 0 Å². The molecular weight excluding hydrogens is 236 g/mol. The molecule has 1 aromatic carbocycles. The molecule has 94 valence electrons. The van der Waals surface area contributed by atoms with E-state index in [1.54, 1.807) is 12.5 Å². The number of benzene rings is 1. The maximum Gasteiger partial charge on any atom is 0.140 e. The first-order valence-electron chi connectivity index (χ1n) is 6.53. The van der Waals surface area contributed by atoms with Crippen LogP contribution in [0.4, 0.5) is 0 Å². The summed E-state index contributed by atoms with van der Waals surface area (Å²) < 4.78 is 4.28. The Morgan fingerprint density at radius 3 is 2.53 bits per heavy atom. The van der Waals surface area contributed by atoms with E-state index in [1.165, 1.54) is 18.4 Å². The van der Waals surface area contributed by atoms with Gasteiger partial charge in [-0.3, -0.25) is 0 Å². The van der Waals surface area contributed by atoms with Crippen LogP contribution in [0.15, 0.2) is 55.4 Å². The predicted octanol–water partition coefficient (Wildman–Crippen LogP) is 3.07. The van der Waals surface area contributed by atoms with Crippen LogP contribution in [0.3, 0.4) is 0 Å². The van der Waals surface area contributed by atoms with Crippen molar-refractivity contribution in [2.45, 2.75) is 18.9 Å². The average Bonchev–Trinajstić information content (AvgIpc) is 2.96. The summed E-state index contributed by atoms with van der Waals surface area (Å²) in [5.74, 6) is 1.07. The summed E-state index contributed by atoms with van der Waals surface area (Å²) in [6.07, 6.45) is 12.1. The van der Waals surface area contributed by atoms with Crippen LogP contribution < -0.4 is 0 Å². The maximum atomic E-state index is 4.48. The monoisotopic (exact) mass is 250 g/mol. The Bertz CT molecular complexity index is 675. The Kier molecular flexibility index (Phi) is 2.27. The van der Waals surface area contributed by atoms with Crippen LogP contribution in [0.1, 0.15) is 18.9 Å². The van der Waals surface area contributed by atoms with Gasteiger partial charge in [0.1, 0.15) is 5.82 Å². The SMILES string of the molecule is c1cn(-c2ccc(-c3nccn3C3CC3)cc2)cn1. The third kappa shape index (κ3) is 1.85. The molecule has 0 atom stereocenters. The van der Waals surface area contributed by atoms with Gasteiger partial charge in [0.15, 0.2) is 0 Å². The maximum absolute atomic E-state index is 4.48. The number of aromatic nitrogens is 4. The first-order chi connectivity index (χ1) is 9.42. The van der Waals surface area contributed by atoms with E-state index in [0.717, 1.165) is 11.5 Å². The zero-order valence-corrected chi connectivity index (χ0v) is 10.5. The minimum atomic E-state index is 0.658. The molecule has 4 heteroatoms. The van der Waals surface area contributed by atoms with Crippen LogP contribution in [-0.4, -0.2) is 19.1 Å². The third-order valence-corrected chi connectivity index (χ3v) is 3.54. The van der Waals surface area contributed by atoms with Crippen LogP contribution in [-0.2, 0) is 0 Å². The van der Waals surface area contributed by atoms with Crippen LogP contribution in [0, 0.1) is 0 Å². The van der Waals surface area contributed by atoms with Crippen molar-refractivity contribution in [2.24, 2.45) is 0 Å². The van der Waals surface area contributed by atoms with Crippen molar-refractivity contribution in [3.05, 3.63) is 55.4 Å². The van der Waals surface area contributed by atoms with E-state index in [0.29, 0.717) is 6.04 Å². The summed E-state index contributed by atoms with van der Waals surface area (Å²) in [4.78, 5) is 8.55. The second-order valence-corrected chi connectivity index (χ2v) is 4.91. The van der Waals surface area contributed by atoms with Gasteiger partial charge in [-0.1, -0.05) is 0 Å². The quantitative estimate of drug-likeness (QED) is 0.716. The van der Waals surface area contributed by atoms with Crippen molar-refractivity contribution in [3.63, 3.8) is 0 Å². The lowest BCUT2D eigenvalue weighted by Crippen LogP contribution is -1.96. The molecule has 0 N–H and O–H groups in total. The standard InChI is InChI=1S/C15H14N4/c1-3-13(18-9-7-16-11-18)4-2-12(1)15-17-8-10-19(15)14-5-6-14/h1-4,7-11,14H,5-6H2. The predicted molar refractivity (Wildman–Crippen MR) is 73.1 cm³/mol. The molecule has 0 saturated heterocycles. The molecule has 0 radical (unpaired) electrons. The highest BCUT2D eigenvalue weighted by Crippen LogP contribution is 2.37. The van der Waals surface area contributed by atoms with Gasteiger partial charge in [-0.2, -0.15) is 0 Å². The second kappa shape index (κ2) is 4.09. The van der Waals surface area contributed by atoms with E-state index in [4.69, 9.17) is 0 Å². The molecule has 2 heterocycles. The van der Waals surface area contributed by atoms with Gasteiger partial charge in [-0.05, 0) is 37.1 Å². The molecular formula is C15H14N4. The Morgan fingerprint density at radius 2 is 1.84 bits per heavy atom. The lowest BCUT2D eigenvalue weighted by Gasteiger charge is -2.07. The molecule has 2 aromatic heterocycles. The van der Waals surface area contributed by atoms with Crippen molar-refractivity contribution in [1.82, 2.24) is 19.1 Å². The Hall–Kier alpha value is -2.36. The van der Waals surface area contributed by atoms with E-state index in [2.05, 4.69) is 45.0 Å². The van der Waals surface area contributed by atoms with Crippen molar-refractivity contribution < 1.29 is 0 Å². The molecule has 0 spiro atoms. The topological polar surface area (TPSA) is 35.6 Å². The zero-order chi connectivity index (χ0) is 12.7. The fourth-order valence-corrected chi connectivity index (χ4v) is 2.38. The van der Waals surface area contributed by atoms with Gasteiger partial charge in [0.2, 0.25) is 0 Å². The van der Waals surface area contributed by atoms with Crippen LogP contribution in [0.25, 0.3) is 17.1 Å². The van der Waals surface area contributed by atoms with Crippen molar-refractivity contribution in [2.75, 3.05) is 0 Å². The first-order valence-corrected chi connectivity index (χ1v) is 6.53. The second-order valence-electron chi connectivity index (χ2n) is 4.91. The van der Waals surface area contributed by atoms with Crippen molar-refractivity contribution in [3.8, 4) is 17.1 Å². The summed E-state index contributed by atoms with van der Waals surface area (Å²) in [7, 11) is 0. The molecule has 3 aromatic rings. The number of imidazole rings is 2. The van der Waals surface area contributed by atoms with E-state index < -0.39 is 0 Å². The number of hydrogen-bond donors (Lipinski definition) is 0. The third-order valence-electron chi connectivity index (χ3n) is 3.54. The summed E-state index contributed by atoms with van der Waals surface area (Å²) >= 11 is 0. The van der Waals surface area contributed by atoms with Gasteiger partial charge in [0, 0.05) is 42.1 Å². The molecule has 1 fully saturated rings. The Labute approximate surface area is 111 Å². The molecule has 4 nitrogen and oxygen atoms in total. The fourth-order valence-electron chi connectivity index (χ4n) is 2.38. The van der Waals surface area contributed by atoms with Crippen LogP contribution >= 0.6 is 0 Å². The van der Waals surface area contributed by atoms with Crippen LogP contribution in [0.2, 0.25) is 0 Å². The molecule has 1 aliphatic rings.